The summed E-state index contributed by atoms with van der Waals surface area (Å²) in [6, 6.07) is 3.12. The first-order valence-electron chi connectivity index (χ1n) is 5.55. The van der Waals surface area contributed by atoms with Crippen LogP contribution < -0.4 is 5.73 Å². The van der Waals surface area contributed by atoms with Gasteiger partial charge in [0.15, 0.2) is 11.5 Å². The highest BCUT2D eigenvalue weighted by Crippen LogP contribution is 2.17. The summed E-state index contributed by atoms with van der Waals surface area (Å²) in [5.74, 6) is -1.03. The largest absolute Gasteiger partial charge is 0.465 e. The molecule has 8 nitrogen and oxygen atoms in total. The number of pyridine rings is 1. The van der Waals surface area contributed by atoms with E-state index >= 15 is 0 Å². The lowest BCUT2D eigenvalue weighted by Gasteiger charge is -2.05. The number of hydrogen-bond donors (Lipinski definition) is 1. The summed E-state index contributed by atoms with van der Waals surface area (Å²) in [6.07, 6.45) is 2.86. The predicted octanol–water partition coefficient (Wildman–Crippen LogP) is 0.423. The van der Waals surface area contributed by atoms with Crippen molar-refractivity contribution in [3.05, 3.63) is 35.8 Å². The van der Waals surface area contributed by atoms with Crippen LogP contribution in [0.5, 0.6) is 0 Å². The van der Waals surface area contributed by atoms with Crippen LogP contribution in [0.3, 0.4) is 0 Å². The molecule has 20 heavy (non-hydrogen) atoms. The molecule has 0 bridgehead atoms. The third kappa shape index (κ3) is 2.30. The Kier molecular flexibility index (Phi) is 3.65. The molecule has 0 spiro atoms. The van der Waals surface area contributed by atoms with E-state index in [0.717, 1.165) is 0 Å². The van der Waals surface area contributed by atoms with Gasteiger partial charge in [0.25, 0.3) is 0 Å². The van der Waals surface area contributed by atoms with Gasteiger partial charge in [0.05, 0.1) is 26.1 Å². The van der Waals surface area contributed by atoms with Gasteiger partial charge in [-0.15, -0.1) is 0 Å². The Morgan fingerprint density at radius 2 is 1.95 bits per heavy atom. The Labute approximate surface area is 114 Å². The van der Waals surface area contributed by atoms with Crippen LogP contribution in [0.25, 0.3) is 5.82 Å². The number of nitrogens with two attached hydrogens (primary N) is 1. The average Bonchev–Trinajstić information content (AvgIpc) is 2.87. The fourth-order valence-corrected chi connectivity index (χ4v) is 1.60. The zero-order valence-corrected chi connectivity index (χ0v) is 10.9. The fraction of sp³-hybridized carbons (Fsp3) is 0.167. The van der Waals surface area contributed by atoms with Gasteiger partial charge in [0.1, 0.15) is 5.56 Å². The van der Waals surface area contributed by atoms with Gasteiger partial charge in [0, 0.05) is 6.20 Å². The van der Waals surface area contributed by atoms with Crippen LogP contribution in [0.1, 0.15) is 20.8 Å². The number of methoxy groups -OCH3 is 2. The summed E-state index contributed by atoms with van der Waals surface area (Å²) < 4.78 is 10.4. The van der Waals surface area contributed by atoms with Crippen molar-refractivity contribution in [1.82, 2.24) is 14.8 Å². The van der Waals surface area contributed by atoms with Crippen molar-refractivity contribution in [2.45, 2.75) is 0 Å². The van der Waals surface area contributed by atoms with E-state index < -0.39 is 11.9 Å². The predicted molar refractivity (Wildman–Crippen MR) is 68.5 cm³/mol. The van der Waals surface area contributed by atoms with Crippen molar-refractivity contribution in [1.29, 1.82) is 0 Å². The molecular formula is C12H12N4O4. The van der Waals surface area contributed by atoms with E-state index in [4.69, 9.17) is 5.73 Å². The first-order chi connectivity index (χ1) is 9.58. The molecule has 2 rings (SSSR count). The minimum atomic E-state index is -0.670. The van der Waals surface area contributed by atoms with Crippen LogP contribution in [0.4, 0.5) is 5.69 Å². The van der Waals surface area contributed by atoms with Crippen molar-refractivity contribution >= 4 is 17.6 Å². The van der Waals surface area contributed by atoms with E-state index in [9.17, 15) is 9.59 Å². The molecule has 0 amide bonds. The van der Waals surface area contributed by atoms with Crippen LogP contribution >= 0.6 is 0 Å². The number of carbonyl (C=O) groups excluding carboxylic acids is 2. The summed E-state index contributed by atoms with van der Waals surface area (Å²) in [6.45, 7) is 0. The molecule has 0 radical (unpaired) electrons. The van der Waals surface area contributed by atoms with Crippen molar-refractivity contribution in [2.75, 3.05) is 20.0 Å². The monoisotopic (exact) mass is 276 g/mol. The third-order valence-corrected chi connectivity index (χ3v) is 2.53. The van der Waals surface area contributed by atoms with Crippen molar-refractivity contribution in [3.8, 4) is 5.82 Å². The average molecular weight is 276 g/mol. The zero-order chi connectivity index (χ0) is 14.7. The highest BCUT2D eigenvalue weighted by atomic mass is 16.5. The molecule has 2 aromatic heterocycles. The second kappa shape index (κ2) is 5.39. The summed E-state index contributed by atoms with van der Waals surface area (Å²) in [5, 5.41) is 3.97. The van der Waals surface area contributed by atoms with E-state index in [-0.39, 0.29) is 22.8 Å². The third-order valence-electron chi connectivity index (χ3n) is 2.53. The van der Waals surface area contributed by atoms with Gasteiger partial charge >= 0.3 is 11.9 Å². The molecule has 8 heteroatoms. The van der Waals surface area contributed by atoms with Gasteiger partial charge in [-0.2, -0.15) is 5.10 Å². The minimum absolute atomic E-state index is 0.0473. The summed E-state index contributed by atoms with van der Waals surface area (Å²) in [4.78, 5) is 27.2. The Hall–Kier alpha value is -2.90. The number of aromatic nitrogens is 3. The SMILES string of the molecule is COC(=O)c1cccnc1-n1cc(N)c(C(=O)OC)n1. The second-order valence-corrected chi connectivity index (χ2v) is 3.74. The molecule has 0 saturated heterocycles. The lowest BCUT2D eigenvalue weighted by molar-refractivity contribution is 0.0590. The van der Waals surface area contributed by atoms with Crippen LogP contribution in [-0.4, -0.2) is 40.9 Å². The highest BCUT2D eigenvalue weighted by Gasteiger charge is 2.20. The van der Waals surface area contributed by atoms with Gasteiger partial charge in [0.2, 0.25) is 0 Å². The van der Waals surface area contributed by atoms with Gasteiger partial charge in [-0.1, -0.05) is 0 Å². The van der Waals surface area contributed by atoms with Crippen molar-refractivity contribution in [2.24, 2.45) is 0 Å². The normalized spacial score (nSPS) is 10.1. The summed E-state index contributed by atoms with van der Waals surface area (Å²) >= 11 is 0. The number of hydrogen-bond acceptors (Lipinski definition) is 7. The molecule has 0 aliphatic heterocycles. The number of nitrogen functional groups attached to an aromatic ring is 1. The lowest BCUT2D eigenvalue weighted by atomic mass is 10.2. The molecule has 0 aromatic carbocycles. The van der Waals surface area contributed by atoms with Crippen LogP contribution in [0, 0.1) is 0 Å². The Bertz CT molecular complexity index is 665. The number of nitrogens with zero attached hydrogens (tertiary/aromatic N) is 3. The van der Waals surface area contributed by atoms with Gasteiger partial charge < -0.3 is 15.2 Å². The first-order valence-corrected chi connectivity index (χ1v) is 5.55. The Morgan fingerprint density at radius 1 is 1.25 bits per heavy atom. The van der Waals surface area contributed by atoms with E-state index in [1.54, 1.807) is 6.07 Å². The molecule has 2 aromatic rings. The summed E-state index contributed by atoms with van der Waals surface area (Å²) in [5.41, 5.74) is 5.96. The standard InChI is InChI=1S/C12H12N4O4/c1-19-11(17)7-4-3-5-14-10(7)16-6-8(13)9(15-16)12(18)20-2/h3-6H,13H2,1-2H3. The molecule has 0 aliphatic rings. The quantitative estimate of drug-likeness (QED) is 0.809. The number of anilines is 1. The molecule has 2 N–H and O–H groups in total. The number of rotatable bonds is 3. The molecule has 0 atom stereocenters. The molecule has 104 valence electrons. The van der Waals surface area contributed by atoms with E-state index in [2.05, 4.69) is 19.6 Å². The van der Waals surface area contributed by atoms with E-state index in [1.165, 1.54) is 37.4 Å². The van der Waals surface area contributed by atoms with Crippen molar-refractivity contribution < 1.29 is 19.1 Å². The van der Waals surface area contributed by atoms with Crippen LogP contribution in [0.15, 0.2) is 24.5 Å². The smallest absolute Gasteiger partial charge is 0.360 e. The first kappa shape index (κ1) is 13.5. The minimum Gasteiger partial charge on any atom is -0.465 e. The van der Waals surface area contributed by atoms with E-state index in [1.807, 2.05) is 0 Å². The zero-order valence-electron chi connectivity index (χ0n) is 10.9. The molecule has 0 unspecified atom stereocenters. The topological polar surface area (TPSA) is 109 Å². The van der Waals surface area contributed by atoms with Gasteiger partial charge in [-0.3, -0.25) is 0 Å². The molecule has 0 saturated carbocycles. The van der Waals surface area contributed by atoms with E-state index in [0.29, 0.717) is 0 Å². The molecule has 2 heterocycles. The Morgan fingerprint density at radius 3 is 2.60 bits per heavy atom. The van der Waals surface area contributed by atoms with Crippen LogP contribution in [0.2, 0.25) is 0 Å². The maximum atomic E-state index is 11.7. The number of ether oxygens (including phenoxy) is 2. The molecular weight excluding hydrogens is 264 g/mol. The maximum Gasteiger partial charge on any atom is 0.360 e. The van der Waals surface area contributed by atoms with Crippen LogP contribution in [-0.2, 0) is 9.47 Å². The summed E-state index contributed by atoms with van der Waals surface area (Å²) in [7, 11) is 2.48. The molecule has 0 fully saturated rings. The number of carbonyl (C=O) groups is 2. The maximum absolute atomic E-state index is 11.7. The lowest BCUT2D eigenvalue weighted by Crippen LogP contribution is -2.11. The number of esters is 2. The van der Waals surface area contributed by atoms with Gasteiger partial charge in [-0.25, -0.2) is 19.3 Å². The second-order valence-electron chi connectivity index (χ2n) is 3.74. The highest BCUT2D eigenvalue weighted by molar-refractivity contribution is 5.94. The van der Waals surface area contributed by atoms with Crippen molar-refractivity contribution in [3.63, 3.8) is 0 Å². The fourth-order valence-electron chi connectivity index (χ4n) is 1.60. The molecule has 0 aliphatic carbocycles. The van der Waals surface area contributed by atoms with Gasteiger partial charge in [-0.05, 0) is 12.1 Å². The Balaban J connectivity index is 2.53.